The average Bonchev–Trinajstić information content (AvgIpc) is 2.86. The van der Waals surface area contributed by atoms with E-state index in [2.05, 4.69) is 10.6 Å². The van der Waals surface area contributed by atoms with E-state index in [1.54, 1.807) is 42.5 Å². The van der Waals surface area contributed by atoms with Crippen LogP contribution in [0.15, 0.2) is 48.5 Å². The Morgan fingerprint density at radius 1 is 1.00 bits per heavy atom. The number of hydrogen-bond donors (Lipinski definition) is 2. The summed E-state index contributed by atoms with van der Waals surface area (Å²) in [4.78, 5) is 55.2. The molecule has 4 rings (SSSR count). The van der Waals surface area contributed by atoms with Gasteiger partial charge in [-0.15, -0.1) is 0 Å². The second-order valence-electron chi connectivity index (χ2n) is 8.99. The SMILES string of the molecule is CC(=O)c1ccc(NC(=O)C[C@@H]2C(=O)NCCN2C(=O)CN2CCN(c3ccccc3F)CC2)cc1. The molecule has 2 aromatic rings. The van der Waals surface area contributed by atoms with Gasteiger partial charge in [0, 0.05) is 50.5 Å². The van der Waals surface area contributed by atoms with E-state index >= 15 is 0 Å². The number of nitrogens with one attached hydrogen (secondary N) is 2. The number of carbonyl (C=O) groups is 4. The lowest BCUT2D eigenvalue weighted by Gasteiger charge is -2.39. The Morgan fingerprint density at radius 3 is 2.36 bits per heavy atom. The minimum Gasteiger partial charge on any atom is -0.367 e. The van der Waals surface area contributed by atoms with Crippen molar-refractivity contribution in [3.8, 4) is 0 Å². The topological polar surface area (TPSA) is 102 Å². The highest BCUT2D eigenvalue weighted by atomic mass is 19.1. The molecule has 2 N–H and O–H groups in total. The molecule has 10 heteroatoms. The number of anilines is 2. The number of rotatable bonds is 7. The molecular weight excluding hydrogens is 465 g/mol. The van der Waals surface area contributed by atoms with E-state index in [-0.39, 0.29) is 36.4 Å². The van der Waals surface area contributed by atoms with Crippen molar-refractivity contribution in [3.63, 3.8) is 0 Å². The molecule has 0 radical (unpaired) electrons. The van der Waals surface area contributed by atoms with E-state index in [1.807, 2.05) is 9.80 Å². The fourth-order valence-corrected chi connectivity index (χ4v) is 4.53. The minimum absolute atomic E-state index is 0.0745. The lowest BCUT2D eigenvalue weighted by atomic mass is 10.1. The van der Waals surface area contributed by atoms with Crippen LogP contribution in [0.25, 0.3) is 0 Å². The Kier molecular flexibility index (Phi) is 7.94. The fraction of sp³-hybridized carbons (Fsp3) is 0.385. The predicted octanol–water partition coefficient (Wildman–Crippen LogP) is 1.51. The molecule has 0 saturated carbocycles. The van der Waals surface area contributed by atoms with Crippen molar-refractivity contribution in [1.29, 1.82) is 0 Å². The molecule has 3 amide bonds. The van der Waals surface area contributed by atoms with Gasteiger partial charge in [-0.2, -0.15) is 0 Å². The largest absolute Gasteiger partial charge is 0.367 e. The van der Waals surface area contributed by atoms with E-state index in [0.717, 1.165) is 0 Å². The molecule has 0 spiro atoms. The number of para-hydroxylation sites is 1. The highest BCUT2D eigenvalue weighted by molar-refractivity contribution is 5.98. The number of ketones is 1. The van der Waals surface area contributed by atoms with Crippen molar-refractivity contribution >= 4 is 34.9 Å². The molecular formula is C26H30FN5O4. The van der Waals surface area contributed by atoms with Crippen LogP contribution in [0.3, 0.4) is 0 Å². The predicted molar refractivity (Wildman–Crippen MR) is 133 cm³/mol. The molecule has 9 nitrogen and oxygen atoms in total. The third-order valence-electron chi connectivity index (χ3n) is 6.53. The molecule has 0 unspecified atom stereocenters. The third-order valence-corrected chi connectivity index (χ3v) is 6.53. The number of piperazine rings is 2. The van der Waals surface area contributed by atoms with Crippen molar-refractivity contribution in [2.75, 3.05) is 56.0 Å². The Bertz CT molecular complexity index is 1130. The number of hydrogen-bond acceptors (Lipinski definition) is 6. The molecule has 0 aliphatic carbocycles. The number of carbonyl (C=O) groups excluding carboxylic acids is 4. The van der Waals surface area contributed by atoms with Gasteiger partial charge in [-0.3, -0.25) is 24.1 Å². The first kappa shape index (κ1) is 25.3. The third kappa shape index (κ3) is 6.06. The van der Waals surface area contributed by atoms with Crippen LogP contribution in [-0.4, -0.2) is 85.2 Å². The van der Waals surface area contributed by atoms with Crippen LogP contribution < -0.4 is 15.5 Å². The van der Waals surface area contributed by atoms with E-state index < -0.39 is 11.9 Å². The molecule has 2 heterocycles. The summed E-state index contributed by atoms with van der Waals surface area (Å²) in [6.07, 6.45) is -0.174. The Hall–Kier alpha value is -3.79. The normalized spacial score (nSPS) is 18.5. The molecule has 0 aromatic heterocycles. The zero-order chi connectivity index (χ0) is 25.7. The van der Waals surface area contributed by atoms with E-state index in [4.69, 9.17) is 0 Å². The molecule has 36 heavy (non-hydrogen) atoms. The first-order chi connectivity index (χ1) is 17.3. The van der Waals surface area contributed by atoms with Crippen molar-refractivity contribution in [1.82, 2.24) is 15.1 Å². The molecule has 2 aliphatic heterocycles. The molecule has 190 valence electrons. The van der Waals surface area contributed by atoms with Crippen molar-refractivity contribution in [3.05, 3.63) is 59.9 Å². The lowest BCUT2D eigenvalue weighted by Crippen LogP contribution is -2.60. The van der Waals surface area contributed by atoms with Crippen LogP contribution >= 0.6 is 0 Å². The second-order valence-corrected chi connectivity index (χ2v) is 8.99. The van der Waals surface area contributed by atoms with Crippen LogP contribution in [0.1, 0.15) is 23.7 Å². The van der Waals surface area contributed by atoms with Crippen LogP contribution in [0, 0.1) is 5.82 Å². The Labute approximate surface area is 209 Å². The summed E-state index contributed by atoms with van der Waals surface area (Å²) in [5.74, 6) is -1.32. The highest BCUT2D eigenvalue weighted by Gasteiger charge is 2.35. The first-order valence-electron chi connectivity index (χ1n) is 12.0. The number of nitrogens with zero attached hydrogens (tertiary/aromatic N) is 3. The van der Waals surface area contributed by atoms with E-state index in [9.17, 15) is 23.6 Å². The van der Waals surface area contributed by atoms with Gasteiger partial charge in [0.2, 0.25) is 17.7 Å². The monoisotopic (exact) mass is 495 g/mol. The number of Topliss-reactive ketones (excluding diaryl/α,β-unsaturated/α-hetero) is 1. The Balaban J connectivity index is 1.32. The van der Waals surface area contributed by atoms with Gasteiger partial charge >= 0.3 is 0 Å². The molecule has 2 saturated heterocycles. The number of halogens is 1. The van der Waals surface area contributed by atoms with Gasteiger partial charge in [0.25, 0.3) is 0 Å². The van der Waals surface area contributed by atoms with Crippen LogP contribution in [0.5, 0.6) is 0 Å². The highest BCUT2D eigenvalue weighted by Crippen LogP contribution is 2.20. The molecule has 0 bridgehead atoms. The van der Waals surface area contributed by atoms with Gasteiger partial charge < -0.3 is 20.4 Å². The van der Waals surface area contributed by atoms with Crippen LogP contribution in [0.4, 0.5) is 15.8 Å². The van der Waals surface area contributed by atoms with Crippen molar-refractivity contribution in [2.45, 2.75) is 19.4 Å². The maximum absolute atomic E-state index is 14.1. The smallest absolute Gasteiger partial charge is 0.243 e. The minimum atomic E-state index is -0.901. The first-order valence-corrected chi connectivity index (χ1v) is 12.0. The maximum Gasteiger partial charge on any atom is 0.243 e. The molecule has 1 atom stereocenters. The van der Waals surface area contributed by atoms with E-state index in [0.29, 0.717) is 56.2 Å². The summed E-state index contributed by atoms with van der Waals surface area (Å²) < 4.78 is 14.1. The zero-order valence-corrected chi connectivity index (χ0v) is 20.2. The summed E-state index contributed by atoms with van der Waals surface area (Å²) in [5.41, 5.74) is 1.59. The second kappa shape index (κ2) is 11.3. The summed E-state index contributed by atoms with van der Waals surface area (Å²) in [6.45, 7) is 4.59. The van der Waals surface area contributed by atoms with Gasteiger partial charge in [-0.1, -0.05) is 12.1 Å². The van der Waals surface area contributed by atoms with Gasteiger partial charge in [0.05, 0.1) is 18.7 Å². The van der Waals surface area contributed by atoms with Crippen LogP contribution in [0.2, 0.25) is 0 Å². The maximum atomic E-state index is 14.1. The van der Waals surface area contributed by atoms with Gasteiger partial charge in [-0.25, -0.2) is 4.39 Å². The van der Waals surface area contributed by atoms with Gasteiger partial charge in [0.15, 0.2) is 5.78 Å². The zero-order valence-electron chi connectivity index (χ0n) is 20.2. The molecule has 2 fully saturated rings. The summed E-state index contributed by atoms with van der Waals surface area (Å²) >= 11 is 0. The standard InChI is InChI=1S/C26H30FN5O4/c1-18(33)19-6-8-20(9-7-19)29-24(34)16-23-26(36)28-10-11-32(23)25(35)17-30-12-14-31(15-13-30)22-5-3-2-4-21(22)27/h2-9,23H,10-17H2,1H3,(H,28,36)(H,29,34)/t23-/m1/s1. The number of benzene rings is 2. The lowest BCUT2D eigenvalue weighted by molar-refractivity contribution is -0.145. The fourth-order valence-electron chi connectivity index (χ4n) is 4.53. The van der Waals surface area contributed by atoms with Crippen molar-refractivity contribution < 1.29 is 23.6 Å². The summed E-state index contributed by atoms with van der Waals surface area (Å²) in [7, 11) is 0. The quantitative estimate of drug-likeness (QED) is 0.565. The van der Waals surface area contributed by atoms with E-state index in [1.165, 1.54) is 17.9 Å². The average molecular weight is 496 g/mol. The summed E-state index contributed by atoms with van der Waals surface area (Å²) in [6, 6.07) is 12.2. The number of amides is 3. The Morgan fingerprint density at radius 2 is 1.69 bits per heavy atom. The van der Waals surface area contributed by atoms with Gasteiger partial charge in [0.1, 0.15) is 11.9 Å². The molecule has 2 aromatic carbocycles. The van der Waals surface area contributed by atoms with Crippen molar-refractivity contribution in [2.24, 2.45) is 0 Å². The van der Waals surface area contributed by atoms with Crippen LogP contribution in [-0.2, 0) is 14.4 Å². The van der Waals surface area contributed by atoms with Gasteiger partial charge in [-0.05, 0) is 43.3 Å². The molecule has 2 aliphatic rings. The summed E-state index contributed by atoms with van der Waals surface area (Å²) in [5, 5.41) is 5.46.